The Labute approximate surface area is 160 Å². The molecule has 0 rings (SSSR count). The molecule has 0 aliphatic carbocycles. The van der Waals surface area contributed by atoms with E-state index in [2.05, 4.69) is 11.8 Å². The van der Waals surface area contributed by atoms with Crippen molar-refractivity contribution in [1.29, 1.82) is 0 Å². The van der Waals surface area contributed by atoms with Gasteiger partial charge >= 0.3 is 0 Å². The second-order valence-electron chi connectivity index (χ2n) is 6.90. The minimum absolute atomic E-state index is 0.110. The number of aliphatic hydroxyl groups excluding tert-OH is 2. The molecular weight excluding hydrogens is 334 g/mol. The first-order chi connectivity index (χ1) is 12.6. The van der Waals surface area contributed by atoms with E-state index < -0.39 is 5.97 Å². The predicted octanol–water partition coefficient (Wildman–Crippen LogP) is 3.01. The van der Waals surface area contributed by atoms with E-state index in [1.165, 1.54) is 32.1 Å². The molecule has 0 saturated carbocycles. The molecule has 0 aliphatic rings. The lowest BCUT2D eigenvalue weighted by Gasteiger charge is -2.37. The second-order valence-corrected chi connectivity index (χ2v) is 6.90. The Morgan fingerprint density at radius 2 is 1.23 bits per heavy atom. The molecular formula is C20H43NO5. The molecule has 0 amide bonds. The summed E-state index contributed by atoms with van der Waals surface area (Å²) in [5.74, 6) is -0.846. The first kappa shape index (κ1) is 25.8. The van der Waals surface area contributed by atoms with Gasteiger partial charge in [0.1, 0.15) is 0 Å². The van der Waals surface area contributed by atoms with Crippen LogP contribution >= 0.6 is 0 Å². The maximum Gasteiger partial charge on any atom is 0.285 e. The van der Waals surface area contributed by atoms with Gasteiger partial charge in [-0.1, -0.05) is 45.4 Å². The molecule has 0 aromatic rings. The van der Waals surface area contributed by atoms with Crippen molar-refractivity contribution in [3.8, 4) is 0 Å². The molecule has 0 heterocycles. The van der Waals surface area contributed by atoms with E-state index >= 15 is 0 Å². The van der Waals surface area contributed by atoms with Gasteiger partial charge in [-0.3, -0.25) is 4.90 Å². The van der Waals surface area contributed by atoms with Gasteiger partial charge in [0.25, 0.3) is 5.97 Å². The highest BCUT2D eigenvalue weighted by molar-refractivity contribution is 4.72. The Morgan fingerprint density at radius 1 is 0.731 bits per heavy atom. The lowest BCUT2D eigenvalue weighted by atomic mass is 9.92. The molecule has 0 radical (unpaired) electrons. The van der Waals surface area contributed by atoms with Gasteiger partial charge < -0.3 is 24.4 Å². The van der Waals surface area contributed by atoms with Crippen LogP contribution in [0.4, 0.5) is 0 Å². The fraction of sp³-hybridized carbons (Fsp3) is 1.00. The van der Waals surface area contributed by atoms with Crippen LogP contribution in [0.2, 0.25) is 0 Å². The van der Waals surface area contributed by atoms with Gasteiger partial charge in [-0.05, 0) is 25.8 Å². The SMILES string of the molecule is CCCCCCCCC(CCCN(CCO)CCO)C(OC)(OC)OC. The topological polar surface area (TPSA) is 71.4 Å². The molecule has 1 atom stereocenters. The lowest BCUT2D eigenvalue weighted by molar-refractivity contribution is -0.380. The van der Waals surface area contributed by atoms with Gasteiger partial charge in [0.15, 0.2) is 0 Å². The van der Waals surface area contributed by atoms with Crippen LogP contribution in [0.3, 0.4) is 0 Å². The van der Waals surface area contributed by atoms with Gasteiger partial charge in [-0.15, -0.1) is 0 Å². The average molecular weight is 378 g/mol. The molecule has 6 heteroatoms. The van der Waals surface area contributed by atoms with Gasteiger partial charge in [0, 0.05) is 40.3 Å². The Hall–Kier alpha value is -0.240. The monoisotopic (exact) mass is 377 g/mol. The summed E-state index contributed by atoms with van der Waals surface area (Å²) in [5, 5.41) is 18.3. The standard InChI is InChI=1S/C20H43NO5/c1-5-6-7-8-9-10-12-19(20(24-2,25-3)26-4)13-11-14-21(15-17-22)16-18-23/h19,22-23H,5-18H2,1-4H3. The summed E-state index contributed by atoms with van der Waals surface area (Å²) in [5.41, 5.74) is 0. The normalized spacial score (nSPS) is 13.5. The zero-order valence-corrected chi connectivity index (χ0v) is 17.5. The third-order valence-corrected chi connectivity index (χ3v) is 5.12. The molecule has 6 nitrogen and oxygen atoms in total. The summed E-state index contributed by atoms with van der Waals surface area (Å²) in [7, 11) is 4.89. The van der Waals surface area contributed by atoms with Crippen LogP contribution in [0.5, 0.6) is 0 Å². The van der Waals surface area contributed by atoms with Crippen LogP contribution in [0.25, 0.3) is 0 Å². The minimum atomic E-state index is -0.998. The molecule has 0 aromatic carbocycles. The van der Waals surface area contributed by atoms with Crippen LogP contribution in [0.15, 0.2) is 0 Å². The molecule has 158 valence electrons. The van der Waals surface area contributed by atoms with E-state index in [1.807, 2.05) is 0 Å². The summed E-state index contributed by atoms with van der Waals surface area (Å²) in [6, 6.07) is 0. The number of hydrogen-bond acceptors (Lipinski definition) is 6. The molecule has 26 heavy (non-hydrogen) atoms. The number of ether oxygens (including phenoxy) is 3. The van der Waals surface area contributed by atoms with Crippen LogP contribution < -0.4 is 0 Å². The molecule has 1 unspecified atom stereocenters. The molecule has 0 spiro atoms. The number of nitrogens with zero attached hydrogens (tertiary/aromatic N) is 1. The molecule has 2 N–H and O–H groups in total. The lowest BCUT2D eigenvalue weighted by Crippen LogP contribution is -2.44. The fourth-order valence-corrected chi connectivity index (χ4v) is 3.60. The van der Waals surface area contributed by atoms with Crippen molar-refractivity contribution in [3.05, 3.63) is 0 Å². The summed E-state index contributed by atoms with van der Waals surface area (Å²) < 4.78 is 16.8. The van der Waals surface area contributed by atoms with E-state index in [1.54, 1.807) is 21.3 Å². The van der Waals surface area contributed by atoms with E-state index in [9.17, 15) is 0 Å². The first-order valence-electron chi connectivity index (χ1n) is 10.2. The summed E-state index contributed by atoms with van der Waals surface area (Å²) >= 11 is 0. The van der Waals surface area contributed by atoms with Gasteiger partial charge in [0.2, 0.25) is 0 Å². The molecule has 0 aliphatic heterocycles. The van der Waals surface area contributed by atoms with Gasteiger partial charge in [-0.2, -0.15) is 0 Å². The van der Waals surface area contributed by atoms with Crippen LogP contribution in [-0.4, -0.2) is 75.3 Å². The summed E-state index contributed by atoms with van der Waals surface area (Å²) in [6.45, 7) is 4.47. The van der Waals surface area contributed by atoms with E-state index in [0.29, 0.717) is 13.1 Å². The predicted molar refractivity (Wildman–Crippen MR) is 105 cm³/mol. The average Bonchev–Trinajstić information content (AvgIpc) is 2.66. The largest absolute Gasteiger partial charge is 0.395 e. The minimum Gasteiger partial charge on any atom is -0.395 e. The van der Waals surface area contributed by atoms with Gasteiger partial charge in [-0.25, -0.2) is 0 Å². The summed E-state index contributed by atoms with van der Waals surface area (Å²) in [4.78, 5) is 2.08. The van der Waals surface area contributed by atoms with Crippen LogP contribution in [-0.2, 0) is 14.2 Å². The van der Waals surface area contributed by atoms with Crippen molar-refractivity contribution in [1.82, 2.24) is 4.90 Å². The first-order valence-corrected chi connectivity index (χ1v) is 10.2. The highest BCUT2D eigenvalue weighted by atomic mass is 16.9. The second kappa shape index (κ2) is 16.9. The third-order valence-electron chi connectivity index (χ3n) is 5.12. The molecule has 0 saturated heterocycles. The maximum absolute atomic E-state index is 9.14. The maximum atomic E-state index is 9.14. The highest BCUT2D eigenvalue weighted by Crippen LogP contribution is 2.32. The zero-order chi connectivity index (χ0) is 19.7. The molecule has 0 fully saturated rings. The number of hydrogen-bond donors (Lipinski definition) is 2. The highest BCUT2D eigenvalue weighted by Gasteiger charge is 2.39. The van der Waals surface area contributed by atoms with Crippen molar-refractivity contribution < 1.29 is 24.4 Å². The van der Waals surface area contributed by atoms with Crippen molar-refractivity contribution >= 4 is 0 Å². The Balaban J connectivity index is 4.57. The van der Waals surface area contributed by atoms with Crippen molar-refractivity contribution in [2.45, 2.75) is 70.7 Å². The molecule has 0 aromatic heterocycles. The number of unbranched alkanes of at least 4 members (excludes halogenated alkanes) is 5. The Kier molecular flexibility index (Phi) is 16.7. The molecule has 0 bridgehead atoms. The Morgan fingerprint density at radius 3 is 1.73 bits per heavy atom. The van der Waals surface area contributed by atoms with Crippen LogP contribution in [0, 0.1) is 5.92 Å². The van der Waals surface area contributed by atoms with Crippen LogP contribution in [0.1, 0.15) is 64.7 Å². The van der Waals surface area contributed by atoms with Crippen molar-refractivity contribution in [2.75, 3.05) is 54.2 Å². The van der Waals surface area contributed by atoms with Gasteiger partial charge in [0.05, 0.1) is 13.2 Å². The quantitative estimate of drug-likeness (QED) is 0.266. The van der Waals surface area contributed by atoms with Crippen molar-refractivity contribution in [3.63, 3.8) is 0 Å². The number of aliphatic hydroxyl groups is 2. The smallest absolute Gasteiger partial charge is 0.285 e. The number of methoxy groups -OCH3 is 3. The van der Waals surface area contributed by atoms with E-state index in [0.717, 1.165) is 32.2 Å². The number of rotatable bonds is 19. The summed E-state index contributed by atoms with van der Waals surface area (Å²) in [6.07, 6.45) is 10.4. The fourth-order valence-electron chi connectivity index (χ4n) is 3.60. The Bertz CT molecular complexity index is 286. The third kappa shape index (κ3) is 10.2. The van der Waals surface area contributed by atoms with E-state index in [4.69, 9.17) is 24.4 Å². The van der Waals surface area contributed by atoms with E-state index in [-0.39, 0.29) is 19.1 Å². The van der Waals surface area contributed by atoms with Crippen molar-refractivity contribution in [2.24, 2.45) is 5.92 Å². The zero-order valence-electron chi connectivity index (χ0n) is 17.5.